The monoisotopic (exact) mass is 248 g/mol. The summed E-state index contributed by atoms with van der Waals surface area (Å²) >= 11 is 0. The third-order valence-corrected chi connectivity index (χ3v) is 2.69. The molecule has 0 unspecified atom stereocenters. The highest BCUT2D eigenvalue weighted by Crippen LogP contribution is 2.28. The molecule has 2 rings (SSSR count). The number of methoxy groups -OCH3 is 1. The molecule has 0 heterocycles. The van der Waals surface area contributed by atoms with Gasteiger partial charge in [-0.25, -0.2) is 4.79 Å². The van der Waals surface area contributed by atoms with Crippen molar-refractivity contribution in [2.45, 2.75) is 18.9 Å². The molecule has 0 saturated heterocycles. The molecular formula is C12H16N4O2. The molecular weight excluding hydrogens is 232 g/mol. The van der Waals surface area contributed by atoms with Crippen LogP contribution in [0.2, 0.25) is 0 Å². The van der Waals surface area contributed by atoms with Gasteiger partial charge in [-0.2, -0.15) is 0 Å². The van der Waals surface area contributed by atoms with Crippen LogP contribution in [0.4, 0.5) is 10.5 Å². The Bertz CT molecular complexity index is 483. The molecule has 18 heavy (non-hydrogen) atoms. The van der Waals surface area contributed by atoms with Gasteiger partial charge in [-0.1, -0.05) is 6.07 Å². The molecule has 0 spiro atoms. The fourth-order valence-corrected chi connectivity index (χ4v) is 1.62. The van der Waals surface area contributed by atoms with Crippen LogP contribution in [0.3, 0.4) is 0 Å². The van der Waals surface area contributed by atoms with Crippen LogP contribution in [0.5, 0.6) is 5.75 Å². The first-order valence-electron chi connectivity index (χ1n) is 5.70. The maximum absolute atomic E-state index is 11.7. The molecule has 0 atom stereocenters. The summed E-state index contributed by atoms with van der Waals surface area (Å²) in [7, 11) is 1.50. The van der Waals surface area contributed by atoms with Crippen molar-refractivity contribution >= 4 is 17.6 Å². The van der Waals surface area contributed by atoms with Gasteiger partial charge in [0.15, 0.2) is 0 Å². The molecule has 0 aliphatic heterocycles. The fourth-order valence-electron chi connectivity index (χ4n) is 1.62. The maximum Gasteiger partial charge on any atom is 0.319 e. The van der Waals surface area contributed by atoms with Crippen molar-refractivity contribution in [1.29, 1.82) is 5.41 Å². The van der Waals surface area contributed by atoms with Gasteiger partial charge < -0.3 is 21.1 Å². The number of anilines is 1. The molecule has 96 valence electrons. The zero-order chi connectivity index (χ0) is 13.1. The van der Waals surface area contributed by atoms with E-state index in [0.717, 1.165) is 12.8 Å². The number of urea groups is 1. The number of ether oxygens (including phenoxy) is 1. The Morgan fingerprint density at radius 2 is 2.22 bits per heavy atom. The lowest BCUT2D eigenvalue weighted by Crippen LogP contribution is -2.31. The summed E-state index contributed by atoms with van der Waals surface area (Å²) in [6, 6.07) is 5.06. The number of amidine groups is 1. The molecule has 1 aromatic carbocycles. The van der Waals surface area contributed by atoms with Crippen LogP contribution in [0.25, 0.3) is 0 Å². The number of hydrogen-bond acceptors (Lipinski definition) is 3. The zero-order valence-corrected chi connectivity index (χ0v) is 10.1. The van der Waals surface area contributed by atoms with E-state index in [9.17, 15) is 4.79 Å². The Kier molecular flexibility index (Phi) is 3.36. The summed E-state index contributed by atoms with van der Waals surface area (Å²) in [5.41, 5.74) is 6.35. The fraction of sp³-hybridized carbons (Fsp3) is 0.333. The number of para-hydroxylation sites is 1. The van der Waals surface area contributed by atoms with Crippen molar-refractivity contribution in [3.63, 3.8) is 0 Å². The Labute approximate surface area is 105 Å². The van der Waals surface area contributed by atoms with Gasteiger partial charge in [0, 0.05) is 11.6 Å². The Morgan fingerprint density at radius 3 is 2.78 bits per heavy atom. The number of benzene rings is 1. The normalized spacial score (nSPS) is 13.8. The maximum atomic E-state index is 11.7. The molecule has 1 aromatic rings. The molecule has 0 radical (unpaired) electrons. The molecule has 1 aliphatic rings. The first-order chi connectivity index (χ1) is 8.61. The first kappa shape index (κ1) is 12.2. The van der Waals surface area contributed by atoms with E-state index in [4.69, 9.17) is 15.9 Å². The van der Waals surface area contributed by atoms with Crippen LogP contribution in [-0.2, 0) is 0 Å². The van der Waals surface area contributed by atoms with Crippen molar-refractivity contribution in [2.24, 2.45) is 5.73 Å². The van der Waals surface area contributed by atoms with E-state index >= 15 is 0 Å². The van der Waals surface area contributed by atoms with Crippen molar-refractivity contribution in [3.8, 4) is 5.75 Å². The Morgan fingerprint density at radius 1 is 1.50 bits per heavy atom. The molecule has 5 N–H and O–H groups in total. The molecule has 6 heteroatoms. The standard InChI is InChI=1S/C12H16N4O2/c1-18-9-4-2-3-8(11(13)14)10(9)16-12(17)15-7-5-6-7/h2-4,7H,5-6H2,1H3,(H3,13,14)(H2,15,16,17). The largest absolute Gasteiger partial charge is 0.495 e. The third kappa shape index (κ3) is 2.71. The van der Waals surface area contributed by atoms with Gasteiger partial charge in [0.25, 0.3) is 0 Å². The molecule has 2 amide bonds. The average Bonchev–Trinajstić information content (AvgIpc) is 3.12. The smallest absolute Gasteiger partial charge is 0.319 e. The van der Waals surface area contributed by atoms with Gasteiger partial charge in [0.2, 0.25) is 0 Å². The summed E-state index contributed by atoms with van der Waals surface area (Å²) in [6.07, 6.45) is 2.03. The van der Waals surface area contributed by atoms with Gasteiger partial charge in [0.05, 0.1) is 12.8 Å². The second-order valence-corrected chi connectivity index (χ2v) is 4.17. The highest BCUT2D eigenvalue weighted by molar-refractivity contribution is 6.05. The number of amides is 2. The van der Waals surface area contributed by atoms with E-state index in [-0.39, 0.29) is 17.9 Å². The predicted molar refractivity (Wildman–Crippen MR) is 69.2 cm³/mol. The van der Waals surface area contributed by atoms with Crippen LogP contribution in [-0.4, -0.2) is 25.0 Å². The third-order valence-electron chi connectivity index (χ3n) is 2.69. The Hall–Kier alpha value is -2.24. The van der Waals surface area contributed by atoms with Gasteiger partial charge in [0.1, 0.15) is 11.6 Å². The summed E-state index contributed by atoms with van der Waals surface area (Å²) < 4.78 is 5.16. The van der Waals surface area contributed by atoms with E-state index < -0.39 is 0 Å². The van der Waals surface area contributed by atoms with Crippen molar-refractivity contribution in [2.75, 3.05) is 12.4 Å². The number of nitrogens with one attached hydrogen (secondary N) is 3. The van der Waals surface area contributed by atoms with Crippen LogP contribution in [0.15, 0.2) is 18.2 Å². The van der Waals surface area contributed by atoms with E-state index in [1.54, 1.807) is 18.2 Å². The minimum absolute atomic E-state index is 0.115. The number of nitrogens with two attached hydrogens (primary N) is 1. The number of nitrogen functional groups attached to an aromatic ring is 1. The number of carbonyl (C=O) groups is 1. The summed E-state index contributed by atoms with van der Waals surface area (Å²) in [5, 5.41) is 13.0. The molecule has 1 fully saturated rings. The van der Waals surface area contributed by atoms with Crippen molar-refractivity contribution < 1.29 is 9.53 Å². The molecule has 1 saturated carbocycles. The van der Waals surface area contributed by atoms with Crippen LogP contribution in [0.1, 0.15) is 18.4 Å². The molecule has 0 aromatic heterocycles. The molecule has 0 bridgehead atoms. The van der Waals surface area contributed by atoms with Gasteiger partial charge in [-0.3, -0.25) is 5.41 Å². The minimum atomic E-state index is -0.301. The van der Waals surface area contributed by atoms with Crippen molar-refractivity contribution in [1.82, 2.24) is 5.32 Å². The van der Waals surface area contributed by atoms with Gasteiger partial charge in [-0.05, 0) is 25.0 Å². The number of hydrogen-bond donors (Lipinski definition) is 4. The van der Waals surface area contributed by atoms with Crippen LogP contribution < -0.4 is 21.1 Å². The van der Waals surface area contributed by atoms with E-state index in [2.05, 4.69) is 10.6 Å². The summed E-state index contributed by atoms with van der Waals surface area (Å²) in [6.45, 7) is 0. The lowest BCUT2D eigenvalue weighted by Gasteiger charge is -2.14. The SMILES string of the molecule is COc1cccc(C(=N)N)c1NC(=O)NC1CC1. The van der Waals surface area contributed by atoms with Gasteiger partial charge in [-0.15, -0.1) is 0 Å². The number of carbonyl (C=O) groups excluding carboxylic acids is 1. The summed E-state index contributed by atoms with van der Waals surface area (Å²) in [4.78, 5) is 11.7. The lowest BCUT2D eigenvalue weighted by molar-refractivity contribution is 0.251. The Balaban J connectivity index is 2.22. The predicted octanol–water partition coefficient (Wildman–Crippen LogP) is 1.26. The van der Waals surface area contributed by atoms with Gasteiger partial charge >= 0.3 is 6.03 Å². The summed E-state index contributed by atoms with van der Waals surface area (Å²) in [5.74, 6) is 0.365. The zero-order valence-electron chi connectivity index (χ0n) is 10.1. The minimum Gasteiger partial charge on any atom is -0.495 e. The van der Waals surface area contributed by atoms with E-state index in [0.29, 0.717) is 17.0 Å². The van der Waals surface area contributed by atoms with Crippen LogP contribution in [0, 0.1) is 5.41 Å². The van der Waals surface area contributed by atoms with Crippen molar-refractivity contribution in [3.05, 3.63) is 23.8 Å². The topological polar surface area (TPSA) is 100 Å². The highest BCUT2D eigenvalue weighted by atomic mass is 16.5. The molecule has 6 nitrogen and oxygen atoms in total. The van der Waals surface area contributed by atoms with Crippen LogP contribution >= 0.6 is 0 Å². The average molecular weight is 248 g/mol. The van der Waals surface area contributed by atoms with E-state index in [1.165, 1.54) is 7.11 Å². The highest BCUT2D eigenvalue weighted by Gasteiger charge is 2.24. The number of rotatable bonds is 4. The quantitative estimate of drug-likeness (QED) is 0.476. The molecule has 1 aliphatic carbocycles. The second kappa shape index (κ2) is 4.95. The lowest BCUT2D eigenvalue weighted by atomic mass is 10.1. The first-order valence-corrected chi connectivity index (χ1v) is 5.70. The van der Waals surface area contributed by atoms with E-state index in [1.807, 2.05) is 0 Å². The second-order valence-electron chi connectivity index (χ2n) is 4.17.